The van der Waals surface area contributed by atoms with Gasteiger partial charge in [0, 0.05) is 7.97 Å². The molecule has 0 aromatic heterocycles. The van der Waals surface area contributed by atoms with Gasteiger partial charge in [0.25, 0.3) is 0 Å². The average molecular weight is 267 g/mol. The molecule has 0 saturated carbocycles. The first-order chi connectivity index (χ1) is 7.79. The van der Waals surface area contributed by atoms with Crippen LogP contribution in [0.4, 0.5) is 8.78 Å². The van der Waals surface area contributed by atoms with Crippen molar-refractivity contribution < 1.29 is 28.5 Å². The summed E-state index contributed by atoms with van der Waals surface area (Å²) in [4.78, 5) is 9.96. The number of carboxylic acids is 1. The van der Waals surface area contributed by atoms with Crippen LogP contribution in [0.15, 0.2) is 17.0 Å². The SMILES string of the molecule is CCNS(=O)(=O)c1cc(F)c(F)c(C(=O)O)c1.[HH]. The molecule has 0 bridgehead atoms. The van der Waals surface area contributed by atoms with Crippen LogP contribution in [0.2, 0.25) is 0 Å². The molecular weight excluding hydrogens is 256 g/mol. The molecule has 0 heterocycles. The van der Waals surface area contributed by atoms with Gasteiger partial charge in [0.05, 0.1) is 10.5 Å². The van der Waals surface area contributed by atoms with E-state index in [0.29, 0.717) is 12.1 Å². The van der Waals surface area contributed by atoms with Gasteiger partial charge in [-0.05, 0) is 12.1 Å². The first-order valence-corrected chi connectivity index (χ1v) is 6.00. The molecule has 1 aromatic carbocycles. The number of hydrogen-bond donors (Lipinski definition) is 2. The molecule has 0 aliphatic rings. The van der Waals surface area contributed by atoms with Crippen LogP contribution < -0.4 is 4.72 Å². The Morgan fingerprint density at radius 2 is 2.06 bits per heavy atom. The number of rotatable bonds is 4. The predicted molar refractivity (Wildman–Crippen MR) is 56.3 cm³/mol. The number of nitrogens with one attached hydrogen (secondary N) is 1. The molecule has 8 heteroatoms. The van der Waals surface area contributed by atoms with Crippen molar-refractivity contribution in [2.75, 3.05) is 6.54 Å². The second kappa shape index (κ2) is 4.76. The highest BCUT2D eigenvalue weighted by atomic mass is 32.2. The van der Waals surface area contributed by atoms with E-state index in [9.17, 15) is 22.0 Å². The zero-order valence-electron chi connectivity index (χ0n) is 8.70. The molecule has 0 aliphatic heterocycles. The lowest BCUT2D eigenvalue weighted by Crippen LogP contribution is -2.24. The minimum absolute atomic E-state index is 0. The van der Waals surface area contributed by atoms with E-state index in [2.05, 4.69) is 0 Å². The molecule has 0 atom stereocenters. The van der Waals surface area contributed by atoms with Crippen LogP contribution in [-0.2, 0) is 10.0 Å². The maximum absolute atomic E-state index is 13.0. The third-order valence-corrected chi connectivity index (χ3v) is 3.40. The van der Waals surface area contributed by atoms with Gasteiger partial charge in [-0.15, -0.1) is 0 Å². The van der Waals surface area contributed by atoms with E-state index in [1.165, 1.54) is 6.92 Å². The fourth-order valence-corrected chi connectivity index (χ4v) is 2.23. The van der Waals surface area contributed by atoms with Crippen molar-refractivity contribution in [3.8, 4) is 0 Å². The molecule has 0 aliphatic carbocycles. The molecule has 0 unspecified atom stereocenters. The van der Waals surface area contributed by atoms with E-state index in [1.54, 1.807) is 0 Å². The van der Waals surface area contributed by atoms with Crippen LogP contribution >= 0.6 is 0 Å². The average Bonchev–Trinajstić information content (AvgIpc) is 2.21. The zero-order chi connectivity index (χ0) is 13.2. The summed E-state index contributed by atoms with van der Waals surface area (Å²) in [5.74, 6) is -4.86. The molecule has 0 fully saturated rings. The summed E-state index contributed by atoms with van der Waals surface area (Å²) in [6.07, 6.45) is 0. The van der Waals surface area contributed by atoms with Gasteiger partial charge in [0.1, 0.15) is 0 Å². The molecule has 0 amide bonds. The third-order valence-electron chi connectivity index (χ3n) is 1.88. The van der Waals surface area contributed by atoms with Crippen molar-refractivity contribution in [2.24, 2.45) is 0 Å². The van der Waals surface area contributed by atoms with Crippen LogP contribution in [0.3, 0.4) is 0 Å². The largest absolute Gasteiger partial charge is 0.478 e. The maximum Gasteiger partial charge on any atom is 0.338 e. The Morgan fingerprint density at radius 1 is 1.47 bits per heavy atom. The second-order valence-electron chi connectivity index (χ2n) is 3.07. The lowest BCUT2D eigenvalue weighted by Gasteiger charge is -2.06. The van der Waals surface area contributed by atoms with Crippen LogP contribution in [0.1, 0.15) is 18.7 Å². The zero-order valence-corrected chi connectivity index (χ0v) is 9.51. The highest BCUT2D eigenvalue weighted by Crippen LogP contribution is 2.18. The van der Waals surface area contributed by atoms with Crippen molar-refractivity contribution >= 4 is 16.0 Å². The van der Waals surface area contributed by atoms with Gasteiger partial charge in [0.2, 0.25) is 10.0 Å². The number of hydrogen-bond acceptors (Lipinski definition) is 3. The van der Waals surface area contributed by atoms with E-state index in [4.69, 9.17) is 5.11 Å². The van der Waals surface area contributed by atoms with Gasteiger partial charge in [-0.25, -0.2) is 26.7 Å². The Labute approximate surface area is 97.6 Å². The summed E-state index contributed by atoms with van der Waals surface area (Å²) in [7, 11) is -4.03. The number of sulfonamides is 1. The summed E-state index contributed by atoms with van der Waals surface area (Å²) in [5.41, 5.74) is -1.03. The van der Waals surface area contributed by atoms with E-state index in [-0.39, 0.29) is 7.97 Å². The Hall–Kier alpha value is -1.54. The summed E-state index contributed by atoms with van der Waals surface area (Å²) >= 11 is 0. The number of carboxylic acid groups (broad SMARTS) is 1. The smallest absolute Gasteiger partial charge is 0.338 e. The monoisotopic (exact) mass is 267 g/mol. The van der Waals surface area contributed by atoms with Gasteiger partial charge in [-0.2, -0.15) is 0 Å². The molecule has 1 aromatic rings. The molecule has 17 heavy (non-hydrogen) atoms. The fraction of sp³-hybridized carbons (Fsp3) is 0.222. The van der Waals surface area contributed by atoms with Crippen LogP contribution in [0.5, 0.6) is 0 Å². The minimum Gasteiger partial charge on any atom is -0.478 e. The van der Waals surface area contributed by atoms with E-state index >= 15 is 0 Å². The minimum atomic E-state index is -4.03. The molecule has 96 valence electrons. The number of benzene rings is 1. The number of aromatic carboxylic acids is 1. The summed E-state index contributed by atoms with van der Waals surface area (Å²) in [5, 5.41) is 8.59. The normalized spacial score (nSPS) is 11.5. The van der Waals surface area contributed by atoms with Crippen molar-refractivity contribution in [3.63, 3.8) is 0 Å². The third kappa shape index (κ3) is 2.77. The Morgan fingerprint density at radius 3 is 2.53 bits per heavy atom. The quantitative estimate of drug-likeness (QED) is 0.858. The molecule has 2 N–H and O–H groups in total. The summed E-state index contributed by atoms with van der Waals surface area (Å²) in [6.45, 7) is 1.54. The van der Waals surface area contributed by atoms with E-state index < -0.39 is 38.1 Å². The van der Waals surface area contributed by atoms with E-state index in [1.807, 2.05) is 4.72 Å². The molecule has 1 rings (SSSR count). The van der Waals surface area contributed by atoms with Crippen molar-refractivity contribution in [1.29, 1.82) is 0 Å². The topological polar surface area (TPSA) is 83.5 Å². The standard InChI is InChI=1S/C9H9F2NO4S.H2/c1-2-12-17(15,16)5-3-6(9(13)14)8(11)7(10)4-5;/h3-4,12H,2H2,1H3,(H,13,14);1H. The lowest BCUT2D eigenvalue weighted by molar-refractivity contribution is 0.0690. The van der Waals surface area contributed by atoms with Crippen LogP contribution in [0.25, 0.3) is 0 Å². The highest BCUT2D eigenvalue weighted by molar-refractivity contribution is 7.89. The Kier molecular flexibility index (Phi) is 3.79. The molecular formula is C9H11F2NO4S. The Bertz CT molecular complexity index is 562. The molecule has 0 spiro atoms. The highest BCUT2D eigenvalue weighted by Gasteiger charge is 2.22. The first-order valence-electron chi connectivity index (χ1n) is 4.51. The van der Waals surface area contributed by atoms with E-state index in [0.717, 1.165) is 0 Å². The molecule has 0 saturated heterocycles. The van der Waals surface area contributed by atoms with Gasteiger partial charge in [-0.3, -0.25) is 0 Å². The summed E-state index contributed by atoms with van der Waals surface area (Å²) in [6, 6.07) is 0.999. The lowest BCUT2D eigenvalue weighted by atomic mass is 10.2. The van der Waals surface area contributed by atoms with Crippen LogP contribution in [0, 0.1) is 11.6 Å². The fourth-order valence-electron chi connectivity index (χ4n) is 1.15. The molecule has 5 nitrogen and oxygen atoms in total. The predicted octanol–water partition coefficient (Wildman–Crippen LogP) is 1.21. The number of carbonyl (C=O) groups is 1. The molecule has 0 radical (unpaired) electrons. The van der Waals surface area contributed by atoms with Gasteiger partial charge in [-0.1, -0.05) is 6.92 Å². The van der Waals surface area contributed by atoms with Gasteiger partial charge >= 0.3 is 5.97 Å². The second-order valence-corrected chi connectivity index (χ2v) is 4.84. The first kappa shape index (κ1) is 13.5. The van der Waals surface area contributed by atoms with Gasteiger partial charge in [0.15, 0.2) is 11.6 Å². The summed E-state index contributed by atoms with van der Waals surface area (Å²) < 4.78 is 51.1. The number of halogens is 2. The van der Waals surface area contributed by atoms with Gasteiger partial charge < -0.3 is 5.11 Å². The maximum atomic E-state index is 13.0. The Balaban J connectivity index is 0.00000289. The van der Waals surface area contributed by atoms with Crippen molar-refractivity contribution in [2.45, 2.75) is 11.8 Å². The van der Waals surface area contributed by atoms with Crippen molar-refractivity contribution in [1.82, 2.24) is 4.72 Å². The van der Waals surface area contributed by atoms with Crippen molar-refractivity contribution in [3.05, 3.63) is 29.3 Å². The van der Waals surface area contributed by atoms with Crippen LogP contribution in [-0.4, -0.2) is 26.0 Å².